The summed E-state index contributed by atoms with van der Waals surface area (Å²) >= 11 is 0. The van der Waals surface area contributed by atoms with Crippen LogP contribution in [0.15, 0.2) is 0 Å². The van der Waals surface area contributed by atoms with E-state index in [4.69, 9.17) is 10.8 Å². The summed E-state index contributed by atoms with van der Waals surface area (Å²) in [7, 11) is 0. The van der Waals surface area contributed by atoms with Gasteiger partial charge in [0, 0.05) is 6.04 Å². The summed E-state index contributed by atoms with van der Waals surface area (Å²) in [6.07, 6.45) is 7.64. The highest BCUT2D eigenvalue weighted by molar-refractivity contribution is 4.82. The van der Waals surface area contributed by atoms with Crippen LogP contribution >= 0.6 is 0 Å². The Hall–Kier alpha value is -0.0800. The van der Waals surface area contributed by atoms with Crippen LogP contribution in [0.1, 0.15) is 45.4 Å². The Bertz CT molecular complexity index is 130. The lowest BCUT2D eigenvalue weighted by Gasteiger charge is -2.35. The highest BCUT2D eigenvalue weighted by Gasteiger charge is 2.28. The molecule has 0 spiro atoms. The SMILES string of the molecule is CC1(CC(N)CO)CCCCC1. The van der Waals surface area contributed by atoms with Gasteiger partial charge < -0.3 is 10.8 Å². The van der Waals surface area contributed by atoms with Crippen LogP contribution in [0, 0.1) is 5.41 Å². The molecule has 12 heavy (non-hydrogen) atoms. The highest BCUT2D eigenvalue weighted by atomic mass is 16.3. The van der Waals surface area contributed by atoms with Crippen molar-refractivity contribution in [1.82, 2.24) is 0 Å². The molecular weight excluding hydrogens is 150 g/mol. The van der Waals surface area contributed by atoms with Crippen molar-refractivity contribution in [2.24, 2.45) is 11.1 Å². The third-order valence-corrected chi connectivity index (χ3v) is 3.05. The smallest absolute Gasteiger partial charge is 0.0582 e. The van der Waals surface area contributed by atoms with E-state index in [9.17, 15) is 0 Å². The van der Waals surface area contributed by atoms with Crippen LogP contribution in [0.2, 0.25) is 0 Å². The molecule has 1 saturated carbocycles. The van der Waals surface area contributed by atoms with Crippen LogP contribution in [0.25, 0.3) is 0 Å². The number of hydrogen-bond acceptors (Lipinski definition) is 2. The fraction of sp³-hybridized carbons (Fsp3) is 1.00. The summed E-state index contributed by atoms with van der Waals surface area (Å²) in [6, 6.07) is -0.00639. The summed E-state index contributed by atoms with van der Waals surface area (Å²) in [5, 5.41) is 8.85. The van der Waals surface area contributed by atoms with Gasteiger partial charge in [-0.15, -0.1) is 0 Å². The number of nitrogens with two attached hydrogens (primary N) is 1. The Morgan fingerprint density at radius 3 is 2.42 bits per heavy atom. The van der Waals surface area contributed by atoms with Crippen molar-refractivity contribution in [3.63, 3.8) is 0 Å². The van der Waals surface area contributed by atoms with Gasteiger partial charge in [-0.3, -0.25) is 0 Å². The summed E-state index contributed by atoms with van der Waals surface area (Å²) in [6.45, 7) is 2.44. The molecule has 1 aliphatic carbocycles. The van der Waals surface area contributed by atoms with Crippen molar-refractivity contribution >= 4 is 0 Å². The Labute approximate surface area is 75.2 Å². The third-order valence-electron chi connectivity index (χ3n) is 3.05. The van der Waals surface area contributed by atoms with Crippen LogP contribution in [0.3, 0.4) is 0 Å². The van der Waals surface area contributed by atoms with Crippen molar-refractivity contribution in [1.29, 1.82) is 0 Å². The standard InChI is InChI=1S/C10H21NO/c1-10(7-9(11)8-12)5-3-2-4-6-10/h9,12H,2-8,11H2,1H3. The van der Waals surface area contributed by atoms with Crippen molar-refractivity contribution < 1.29 is 5.11 Å². The predicted molar refractivity (Wildman–Crippen MR) is 50.9 cm³/mol. The van der Waals surface area contributed by atoms with E-state index in [1.807, 2.05) is 0 Å². The Kier molecular flexibility index (Phi) is 3.53. The molecule has 3 N–H and O–H groups in total. The quantitative estimate of drug-likeness (QED) is 0.678. The molecule has 0 bridgehead atoms. The van der Waals surface area contributed by atoms with Gasteiger partial charge in [0.1, 0.15) is 0 Å². The van der Waals surface area contributed by atoms with E-state index >= 15 is 0 Å². The van der Waals surface area contributed by atoms with Crippen LogP contribution in [0.5, 0.6) is 0 Å². The summed E-state index contributed by atoms with van der Waals surface area (Å²) in [5.74, 6) is 0. The molecule has 1 aliphatic rings. The van der Waals surface area contributed by atoms with Gasteiger partial charge >= 0.3 is 0 Å². The average Bonchev–Trinajstić information content (AvgIpc) is 2.05. The topological polar surface area (TPSA) is 46.2 Å². The van der Waals surface area contributed by atoms with E-state index in [1.165, 1.54) is 32.1 Å². The van der Waals surface area contributed by atoms with Gasteiger partial charge in [0.2, 0.25) is 0 Å². The minimum atomic E-state index is -0.00639. The molecule has 1 unspecified atom stereocenters. The van der Waals surface area contributed by atoms with Gasteiger partial charge in [-0.1, -0.05) is 26.2 Å². The zero-order valence-corrected chi connectivity index (χ0v) is 8.05. The molecular formula is C10H21NO. The maximum Gasteiger partial charge on any atom is 0.0582 e. The lowest BCUT2D eigenvalue weighted by Crippen LogP contribution is -2.33. The molecule has 0 heterocycles. The van der Waals surface area contributed by atoms with Crippen LogP contribution in [-0.4, -0.2) is 17.8 Å². The molecule has 0 saturated heterocycles. The van der Waals surface area contributed by atoms with E-state index in [1.54, 1.807) is 0 Å². The zero-order chi connectivity index (χ0) is 9.03. The summed E-state index contributed by atoms with van der Waals surface area (Å²) < 4.78 is 0. The lowest BCUT2D eigenvalue weighted by molar-refractivity contribution is 0.156. The van der Waals surface area contributed by atoms with Crippen LogP contribution in [-0.2, 0) is 0 Å². The molecule has 0 aromatic rings. The molecule has 0 aliphatic heterocycles. The molecule has 1 rings (SSSR count). The molecule has 72 valence electrons. The zero-order valence-electron chi connectivity index (χ0n) is 8.05. The van der Waals surface area contributed by atoms with Crippen LogP contribution < -0.4 is 5.73 Å². The maximum atomic E-state index is 8.85. The van der Waals surface area contributed by atoms with E-state index in [0.29, 0.717) is 5.41 Å². The molecule has 2 nitrogen and oxygen atoms in total. The Morgan fingerprint density at radius 1 is 1.33 bits per heavy atom. The minimum absolute atomic E-state index is 0.00639. The Morgan fingerprint density at radius 2 is 1.92 bits per heavy atom. The molecule has 0 radical (unpaired) electrons. The van der Waals surface area contributed by atoms with E-state index in [2.05, 4.69) is 6.92 Å². The van der Waals surface area contributed by atoms with Gasteiger partial charge in [-0.2, -0.15) is 0 Å². The number of aliphatic hydroxyl groups excluding tert-OH is 1. The second-order valence-corrected chi connectivity index (χ2v) is 4.52. The normalized spacial score (nSPS) is 25.2. The first kappa shape index (κ1) is 10.0. The predicted octanol–water partition coefficient (Wildman–Crippen LogP) is 1.67. The Balaban J connectivity index is 2.35. The molecule has 1 atom stereocenters. The molecule has 0 aromatic carbocycles. The molecule has 0 amide bonds. The largest absolute Gasteiger partial charge is 0.395 e. The average molecular weight is 171 g/mol. The summed E-state index contributed by atoms with van der Waals surface area (Å²) in [4.78, 5) is 0. The highest BCUT2D eigenvalue weighted by Crippen LogP contribution is 2.39. The van der Waals surface area contributed by atoms with Crippen molar-refractivity contribution in [2.45, 2.75) is 51.5 Å². The number of aliphatic hydroxyl groups is 1. The fourth-order valence-electron chi connectivity index (χ4n) is 2.31. The monoisotopic (exact) mass is 171 g/mol. The van der Waals surface area contributed by atoms with Gasteiger partial charge in [0.25, 0.3) is 0 Å². The first-order valence-corrected chi connectivity index (χ1v) is 5.03. The molecule has 0 aromatic heterocycles. The van der Waals surface area contributed by atoms with Crippen molar-refractivity contribution in [3.05, 3.63) is 0 Å². The van der Waals surface area contributed by atoms with Crippen LogP contribution in [0.4, 0.5) is 0 Å². The van der Waals surface area contributed by atoms with Crippen molar-refractivity contribution in [2.75, 3.05) is 6.61 Å². The first-order valence-electron chi connectivity index (χ1n) is 5.03. The molecule has 1 fully saturated rings. The second-order valence-electron chi connectivity index (χ2n) is 4.52. The maximum absolute atomic E-state index is 8.85. The molecule has 2 heteroatoms. The summed E-state index contributed by atoms with van der Waals surface area (Å²) in [5.41, 5.74) is 6.16. The number of rotatable bonds is 3. The van der Waals surface area contributed by atoms with E-state index in [-0.39, 0.29) is 12.6 Å². The van der Waals surface area contributed by atoms with Gasteiger partial charge in [0.05, 0.1) is 6.61 Å². The second kappa shape index (κ2) is 4.24. The fourth-order valence-corrected chi connectivity index (χ4v) is 2.31. The first-order chi connectivity index (χ1) is 5.66. The third kappa shape index (κ3) is 2.76. The van der Waals surface area contributed by atoms with Gasteiger partial charge in [0.15, 0.2) is 0 Å². The lowest BCUT2D eigenvalue weighted by atomic mass is 9.72. The minimum Gasteiger partial charge on any atom is -0.395 e. The number of hydrogen-bond donors (Lipinski definition) is 2. The van der Waals surface area contributed by atoms with Gasteiger partial charge in [-0.05, 0) is 24.7 Å². The van der Waals surface area contributed by atoms with E-state index in [0.717, 1.165) is 6.42 Å². The van der Waals surface area contributed by atoms with Gasteiger partial charge in [-0.25, -0.2) is 0 Å². The van der Waals surface area contributed by atoms with E-state index < -0.39 is 0 Å². The van der Waals surface area contributed by atoms with Crippen molar-refractivity contribution in [3.8, 4) is 0 Å².